The molecule has 1 aromatic heterocycles. The van der Waals surface area contributed by atoms with Gasteiger partial charge in [-0.15, -0.1) is 0 Å². The van der Waals surface area contributed by atoms with Gasteiger partial charge in [0.15, 0.2) is 0 Å². The number of hydrogen-bond donors (Lipinski definition) is 0. The Balaban J connectivity index is 1.71. The first-order valence-corrected chi connectivity index (χ1v) is 6.64. The standard InChI is InChI=1S/C14H18N4/c1-11-8-12(10-15)9-14(16-11)18-6-4-17(5-7-18)13-2-3-13/h8-9,13H,2-7H2,1H3. The van der Waals surface area contributed by atoms with Crippen LogP contribution in [0.2, 0.25) is 0 Å². The lowest BCUT2D eigenvalue weighted by Crippen LogP contribution is -2.47. The fourth-order valence-corrected chi connectivity index (χ4v) is 2.63. The summed E-state index contributed by atoms with van der Waals surface area (Å²) in [5.74, 6) is 0.960. The van der Waals surface area contributed by atoms with Gasteiger partial charge in [-0.2, -0.15) is 5.26 Å². The Bertz CT molecular complexity index is 479. The third kappa shape index (κ3) is 2.32. The first-order chi connectivity index (χ1) is 8.76. The van der Waals surface area contributed by atoms with Crippen molar-refractivity contribution < 1.29 is 0 Å². The predicted octanol–water partition coefficient (Wildman–Crippen LogP) is 1.55. The molecule has 1 saturated heterocycles. The van der Waals surface area contributed by atoms with Gasteiger partial charge in [-0.1, -0.05) is 0 Å². The zero-order valence-corrected chi connectivity index (χ0v) is 10.8. The van der Waals surface area contributed by atoms with Crippen molar-refractivity contribution >= 4 is 5.82 Å². The number of hydrogen-bond acceptors (Lipinski definition) is 4. The normalized spacial score (nSPS) is 20.8. The quantitative estimate of drug-likeness (QED) is 0.789. The van der Waals surface area contributed by atoms with Crippen LogP contribution < -0.4 is 4.90 Å². The summed E-state index contributed by atoms with van der Waals surface area (Å²) < 4.78 is 0. The van der Waals surface area contributed by atoms with E-state index < -0.39 is 0 Å². The zero-order chi connectivity index (χ0) is 12.5. The minimum atomic E-state index is 0.710. The minimum Gasteiger partial charge on any atom is -0.354 e. The zero-order valence-electron chi connectivity index (χ0n) is 10.8. The van der Waals surface area contributed by atoms with Gasteiger partial charge in [0.1, 0.15) is 5.82 Å². The van der Waals surface area contributed by atoms with E-state index in [1.165, 1.54) is 12.8 Å². The van der Waals surface area contributed by atoms with E-state index in [1.54, 1.807) is 0 Å². The van der Waals surface area contributed by atoms with Gasteiger partial charge >= 0.3 is 0 Å². The highest BCUT2D eigenvalue weighted by molar-refractivity contribution is 5.47. The van der Waals surface area contributed by atoms with Crippen molar-refractivity contribution in [2.75, 3.05) is 31.1 Å². The molecule has 4 nitrogen and oxygen atoms in total. The first kappa shape index (κ1) is 11.5. The van der Waals surface area contributed by atoms with Crippen LogP contribution in [-0.2, 0) is 0 Å². The molecule has 0 amide bonds. The number of anilines is 1. The smallest absolute Gasteiger partial charge is 0.130 e. The van der Waals surface area contributed by atoms with Crippen molar-refractivity contribution in [1.29, 1.82) is 5.26 Å². The third-order valence-electron chi connectivity index (χ3n) is 3.77. The lowest BCUT2D eigenvalue weighted by Gasteiger charge is -2.35. The summed E-state index contributed by atoms with van der Waals surface area (Å²) in [4.78, 5) is 9.43. The molecule has 1 saturated carbocycles. The molecule has 1 aromatic rings. The first-order valence-electron chi connectivity index (χ1n) is 6.64. The molecule has 0 spiro atoms. The largest absolute Gasteiger partial charge is 0.354 e. The van der Waals surface area contributed by atoms with Gasteiger partial charge in [0.25, 0.3) is 0 Å². The number of piperazine rings is 1. The van der Waals surface area contributed by atoms with Crippen LogP contribution in [0.25, 0.3) is 0 Å². The molecule has 94 valence electrons. The van der Waals surface area contributed by atoms with Crippen LogP contribution in [0, 0.1) is 18.3 Å². The molecule has 3 rings (SSSR count). The fraction of sp³-hybridized carbons (Fsp3) is 0.571. The molecule has 1 aliphatic heterocycles. The Kier molecular flexibility index (Phi) is 2.92. The summed E-state index contributed by atoms with van der Waals surface area (Å²) in [5, 5.41) is 9.00. The molecular weight excluding hydrogens is 224 g/mol. The van der Waals surface area contributed by atoms with Gasteiger partial charge in [0.2, 0.25) is 0 Å². The number of pyridine rings is 1. The molecule has 0 aromatic carbocycles. The number of aromatic nitrogens is 1. The monoisotopic (exact) mass is 242 g/mol. The van der Waals surface area contributed by atoms with Crippen LogP contribution in [0.1, 0.15) is 24.1 Å². The lowest BCUT2D eigenvalue weighted by molar-refractivity contribution is 0.247. The van der Waals surface area contributed by atoms with Crippen LogP contribution >= 0.6 is 0 Å². The summed E-state index contributed by atoms with van der Waals surface area (Å²) in [6.45, 7) is 6.25. The van der Waals surface area contributed by atoms with E-state index in [9.17, 15) is 0 Å². The second-order valence-electron chi connectivity index (χ2n) is 5.22. The average Bonchev–Trinajstić information content (AvgIpc) is 3.22. The molecule has 1 aliphatic carbocycles. The Hall–Kier alpha value is -1.60. The van der Waals surface area contributed by atoms with E-state index in [-0.39, 0.29) is 0 Å². The molecule has 0 radical (unpaired) electrons. The third-order valence-corrected chi connectivity index (χ3v) is 3.77. The molecule has 0 N–H and O–H groups in total. The van der Waals surface area contributed by atoms with Crippen LogP contribution in [0.3, 0.4) is 0 Å². The molecule has 4 heteroatoms. The average molecular weight is 242 g/mol. The molecule has 0 unspecified atom stereocenters. The van der Waals surface area contributed by atoms with E-state index in [2.05, 4.69) is 20.9 Å². The van der Waals surface area contributed by atoms with Gasteiger partial charge < -0.3 is 4.90 Å². The topological polar surface area (TPSA) is 43.2 Å². The van der Waals surface area contributed by atoms with Gasteiger partial charge in [-0.05, 0) is 31.9 Å². The summed E-state index contributed by atoms with van der Waals surface area (Å²) in [6.07, 6.45) is 2.75. The van der Waals surface area contributed by atoms with E-state index in [1.807, 2.05) is 19.1 Å². The molecule has 2 fully saturated rings. The van der Waals surface area contributed by atoms with Crippen LogP contribution in [0.5, 0.6) is 0 Å². The van der Waals surface area contributed by atoms with E-state index in [4.69, 9.17) is 5.26 Å². The summed E-state index contributed by atoms with van der Waals surface area (Å²) in [6, 6.07) is 6.80. The van der Waals surface area contributed by atoms with Gasteiger partial charge in [0, 0.05) is 37.9 Å². The van der Waals surface area contributed by atoms with Crippen LogP contribution in [-0.4, -0.2) is 42.1 Å². The molecule has 0 bridgehead atoms. The van der Waals surface area contributed by atoms with Gasteiger partial charge in [0.05, 0.1) is 11.6 Å². The molecule has 2 aliphatic rings. The highest BCUT2D eigenvalue weighted by Gasteiger charge is 2.31. The van der Waals surface area contributed by atoms with Crippen molar-refractivity contribution in [3.63, 3.8) is 0 Å². The fourth-order valence-electron chi connectivity index (χ4n) is 2.63. The molecule has 0 atom stereocenters. The van der Waals surface area contributed by atoms with Crippen LogP contribution in [0.15, 0.2) is 12.1 Å². The maximum Gasteiger partial charge on any atom is 0.130 e. The SMILES string of the molecule is Cc1cc(C#N)cc(N2CCN(C3CC3)CC2)n1. The highest BCUT2D eigenvalue weighted by atomic mass is 15.3. The van der Waals surface area contributed by atoms with E-state index in [0.29, 0.717) is 5.56 Å². The number of nitriles is 1. The summed E-state index contributed by atoms with van der Waals surface area (Å²) >= 11 is 0. The highest BCUT2D eigenvalue weighted by Crippen LogP contribution is 2.28. The molecular formula is C14H18N4. The lowest BCUT2D eigenvalue weighted by atomic mass is 10.2. The van der Waals surface area contributed by atoms with Crippen LogP contribution in [0.4, 0.5) is 5.82 Å². The molecule has 18 heavy (non-hydrogen) atoms. The van der Waals surface area contributed by atoms with Crippen molar-refractivity contribution in [3.05, 3.63) is 23.4 Å². The predicted molar refractivity (Wildman–Crippen MR) is 70.5 cm³/mol. The second kappa shape index (κ2) is 4.58. The maximum absolute atomic E-state index is 9.00. The van der Waals surface area contributed by atoms with Gasteiger partial charge in [-0.3, -0.25) is 4.90 Å². The minimum absolute atomic E-state index is 0.710. The van der Waals surface area contributed by atoms with Crippen molar-refractivity contribution in [3.8, 4) is 6.07 Å². The summed E-state index contributed by atoms with van der Waals surface area (Å²) in [5.41, 5.74) is 1.63. The Labute approximate surface area is 108 Å². The number of rotatable bonds is 2. The Morgan fingerprint density at radius 2 is 1.94 bits per heavy atom. The van der Waals surface area contributed by atoms with Crippen molar-refractivity contribution in [2.24, 2.45) is 0 Å². The van der Waals surface area contributed by atoms with Gasteiger partial charge in [-0.25, -0.2) is 4.98 Å². The summed E-state index contributed by atoms with van der Waals surface area (Å²) in [7, 11) is 0. The Morgan fingerprint density at radius 1 is 1.22 bits per heavy atom. The second-order valence-corrected chi connectivity index (χ2v) is 5.22. The number of aryl methyl sites for hydroxylation is 1. The van der Waals surface area contributed by atoms with Crippen molar-refractivity contribution in [1.82, 2.24) is 9.88 Å². The maximum atomic E-state index is 9.00. The Morgan fingerprint density at radius 3 is 2.56 bits per heavy atom. The number of nitrogens with zero attached hydrogens (tertiary/aromatic N) is 4. The van der Waals surface area contributed by atoms with E-state index in [0.717, 1.165) is 43.7 Å². The van der Waals surface area contributed by atoms with Crippen molar-refractivity contribution in [2.45, 2.75) is 25.8 Å². The molecule has 2 heterocycles. The van der Waals surface area contributed by atoms with E-state index >= 15 is 0 Å².